The summed E-state index contributed by atoms with van der Waals surface area (Å²) in [5.41, 5.74) is 5.41. The van der Waals surface area contributed by atoms with E-state index in [1.807, 2.05) is 0 Å². The summed E-state index contributed by atoms with van der Waals surface area (Å²) < 4.78 is -0.857. The molecule has 0 aromatic heterocycles. The highest BCUT2D eigenvalue weighted by atomic mass is 35.5. The Labute approximate surface area is 166 Å². The number of rotatable bonds is 6. The molecule has 2 atom stereocenters. The molecular formula is C22H34Cl2Si. The smallest absolute Gasteiger partial charge is 0.114 e. The highest BCUT2D eigenvalue weighted by Gasteiger charge is 2.61. The molecule has 0 heterocycles. The Morgan fingerprint density at radius 1 is 0.800 bits per heavy atom. The predicted molar refractivity (Wildman–Crippen MR) is 117 cm³/mol. The molecule has 2 rings (SSSR count). The lowest BCUT2D eigenvalue weighted by Crippen LogP contribution is -2.64. The summed E-state index contributed by atoms with van der Waals surface area (Å²) in [4.78, 5) is 0. The van der Waals surface area contributed by atoms with Crippen LogP contribution >= 0.6 is 23.2 Å². The zero-order valence-electron chi connectivity index (χ0n) is 17.1. The zero-order chi connectivity index (χ0) is 19.2. The van der Waals surface area contributed by atoms with Crippen LogP contribution in [-0.4, -0.2) is 17.1 Å². The highest BCUT2D eigenvalue weighted by molar-refractivity contribution is 6.97. The molecule has 140 valence electrons. The molecule has 0 aliphatic heterocycles. The third-order valence-corrected chi connectivity index (χ3v) is 14.2. The van der Waals surface area contributed by atoms with E-state index in [2.05, 4.69) is 78.9 Å². The topological polar surface area (TPSA) is 0 Å². The van der Waals surface area contributed by atoms with Gasteiger partial charge in [-0.2, -0.15) is 0 Å². The summed E-state index contributed by atoms with van der Waals surface area (Å²) in [5.74, 6) is 0.847. The van der Waals surface area contributed by atoms with E-state index >= 15 is 0 Å². The summed E-state index contributed by atoms with van der Waals surface area (Å²) in [7, 11) is -2.21. The van der Waals surface area contributed by atoms with Gasteiger partial charge in [0.2, 0.25) is 0 Å². The molecule has 0 nitrogen and oxygen atoms in total. The normalized spacial score (nSPS) is 29.9. The van der Waals surface area contributed by atoms with Gasteiger partial charge in [-0.25, -0.2) is 0 Å². The number of halogens is 2. The molecule has 3 heteroatoms. The van der Waals surface area contributed by atoms with Crippen LogP contribution in [0.3, 0.4) is 0 Å². The van der Waals surface area contributed by atoms with Gasteiger partial charge in [0, 0.05) is 0 Å². The molecule has 0 N–H and O–H groups in total. The summed E-state index contributed by atoms with van der Waals surface area (Å²) in [5, 5.41) is 0. The zero-order valence-corrected chi connectivity index (χ0v) is 19.6. The second-order valence-corrected chi connectivity index (χ2v) is 15.4. The van der Waals surface area contributed by atoms with Crippen molar-refractivity contribution in [3.63, 3.8) is 0 Å². The molecular weight excluding hydrogens is 363 g/mol. The summed E-state index contributed by atoms with van der Waals surface area (Å²) >= 11 is 15.0. The fraction of sp³-hybridized carbons (Fsp3) is 0.636. The second-order valence-electron chi connectivity index (χ2n) is 8.70. The van der Waals surface area contributed by atoms with Gasteiger partial charge >= 0.3 is 0 Å². The quantitative estimate of drug-likeness (QED) is 0.320. The Morgan fingerprint density at radius 3 is 1.36 bits per heavy atom. The predicted octanol–water partition coefficient (Wildman–Crippen LogP) is 7.59. The molecule has 0 spiro atoms. The van der Waals surface area contributed by atoms with Crippen molar-refractivity contribution in [1.29, 1.82) is 0 Å². The molecule has 0 fully saturated rings. The van der Waals surface area contributed by atoms with Crippen LogP contribution in [0.2, 0.25) is 13.1 Å². The average Bonchev–Trinajstić information content (AvgIpc) is 3.06. The van der Waals surface area contributed by atoms with Crippen LogP contribution in [0.4, 0.5) is 0 Å². The van der Waals surface area contributed by atoms with E-state index in [1.54, 1.807) is 0 Å². The van der Waals surface area contributed by atoms with Gasteiger partial charge in [0.1, 0.15) is 8.07 Å². The number of allylic oxidation sites excluding steroid dienone is 8. The monoisotopic (exact) mass is 396 g/mol. The fourth-order valence-corrected chi connectivity index (χ4v) is 9.95. The van der Waals surface area contributed by atoms with Crippen molar-refractivity contribution < 1.29 is 0 Å². The molecule has 0 saturated carbocycles. The molecule has 2 aliphatic carbocycles. The lowest BCUT2D eigenvalue weighted by molar-refractivity contribution is 0.704. The van der Waals surface area contributed by atoms with E-state index in [0.717, 1.165) is 12.8 Å². The minimum Gasteiger partial charge on any atom is -0.114 e. The lowest BCUT2D eigenvalue weighted by Gasteiger charge is -2.49. The van der Waals surface area contributed by atoms with Crippen LogP contribution in [0.25, 0.3) is 0 Å². The van der Waals surface area contributed by atoms with Crippen LogP contribution < -0.4 is 0 Å². The van der Waals surface area contributed by atoms with Gasteiger partial charge in [0.05, 0.1) is 8.99 Å². The van der Waals surface area contributed by atoms with Crippen LogP contribution in [0.1, 0.15) is 54.4 Å². The molecule has 0 amide bonds. The maximum Gasteiger partial charge on any atom is 0.115 e. The van der Waals surface area contributed by atoms with Crippen LogP contribution in [0, 0.1) is 11.8 Å². The first kappa shape index (κ1) is 21.1. The minimum absolute atomic E-state index is 0.423. The van der Waals surface area contributed by atoms with Crippen LogP contribution in [-0.2, 0) is 0 Å². The van der Waals surface area contributed by atoms with Gasteiger partial charge in [-0.05, 0) is 35.8 Å². The van der Waals surface area contributed by atoms with Crippen molar-refractivity contribution in [2.75, 3.05) is 0 Å². The first-order valence-corrected chi connectivity index (χ1v) is 13.5. The standard InChI is InChI=1S/C22H34Cl2Si/c1-9-17-11-19(15(3)4)21(23,13-17)25(7,8)22(24)14-18(10-2)12-20(22)16(5)6/h11-16H,9-10H2,1-8H3. The van der Waals surface area contributed by atoms with E-state index in [0.29, 0.717) is 11.8 Å². The second kappa shape index (κ2) is 7.06. The molecule has 0 saturated heterocycles. The number of hydrogen-bond acceptors (Lipinski definition) is 0. The van der Waals surface area contributed by atoms with Gasteiger partial charge in [-0.3, -0.25) is 0 Å². The third kappa shape index (κ3) is 3.15. The molecule has 25 heavy (non-hydrogen) atoms. The van der Waals surface area contributed by atoms with Crippen LogP contribution in [0.15, 0.2) is 46.6 Å². The number of alkyl halides is 2. The Bertz CT molecular complexity index is 608. The largest absolute Gasteiger partial charge is 0.115 e. The van der Waals surface area contributed by atoms with Crippen molar-refractivity contribution in [3.05, 3.63) is 46.6 Å². The van der Waals surface area contributed by atoms with E-state index in [4.69, 9.17) is 23.2 Å². The van der Waals surface area contributed by atoms with Crippen molar-refractivity contribution in [2.45, 2.75) is 76.5 Å². The maximum atomic E-state index is 7.50. The summed E-state index contributed by atoms with van der Waals surface area (Å²) in [6.07, 6.45) is 11.4. The molecule has 2 unspecified atom stereocenters. The highest BCUT2D eigenvalue weighted by Crippen LogP contribution is 2.56. The molecule has 0 bridgehead atoms. The van der Waals surface area contributed by atoms with Crippen molar-refractivity contribution in [3.8, 4) is 0 Å². The molecule has 0 aromatic rings. The Morgan fingerprint density at radius 2 is 1.12 bits per heavy atom. The molecule has 2 aliphatic rings. The van der Waals surface area contributed by atoms with E-state index in [-0.39, 0.29) is 0 Å². The molecule has 0 radical (unpaired) electrons. The van der Waals surface area contributed by atoms with Crippen molar-refractivity contribution >= 4 is 31.3 Å². The third-order valence-electron chi connectivity index (χ3n) is 6.17. The van der Waals surface area contributed by atoms with E-state index in [1.165, 1.54) is 22.3 Å². The van der Waals surface area contributed by atoms with Gasteiger partial charge in [-0.15, -0.1) is 23.2 Å². The first-order valence-electron chi connectivity index (χ1n) is 9.70. The molecule has 0 aromatic carbocycles. The van der Waals surface area contributed by atoms with Crippen molar-refractivity contribution in [1.82, 2.24) is 0 Å². The van der Waals surface area contributed by atoms with Gasteiger partial charge in [-0.1, -0.05) is 90.1 Å². The van der Waals surface area contributed by atoms with Crippen LogP contribution in [0.5, 0.6) is 0 Å². The van der Waals surface area contributed by atoms with Gasteiger partial charge in [0.15, 0.2) is 0 Å². The summed E-state index contributed by atoms with van der Waals surface area (Å²) in [6, 6.07) is 0. The fourth-order valence-electron chi connectivity index (χ4n) is 4.30. The Hall–Kier alpha value is -0.243. The SMILES string of the molecule is CCC1=CC(Cl)([Si](C)(C)C2(Cl)C=C(CC)C=C2C(C)C)C(C(C)C)=C1. The Balaban J connectivity index is 2.64. The van der Waals surface area contributed by atoms with Gasteiger partial charge in [0.25, 0.3) is 0 Å². The summed E-state index contributed by atoms with van der Waals surface area (Å²) in [6.45, 7) is 18.2. The Kier molecular flexibility index (Phi) is 5.94. The van der Waals surface area contributed by atoms with E-state index < -0.39 is 17.1 Å². The minimum atomic E-state index is -2.21. The average molecular weight is 398 g/mol. The maximum absolute atomic E-state index is 7.50. The lowest BCUT2D eigenvalue weighted by atomic mass is 10.0. The van der Waals surface area contributed by atoms with Gasteiger partial charge < -0.3 is 0 Å². The van der Waals surface area contributed by atoms with Crippen molar-refractivity contribution in [2.24, 2.45) is 11.8 Å². The number of hydrogen-bond donors (Lipinski definition) is 0. The first-order chi connectivity index (χ1) is 11.4. The van der Waals surface area contributed by atoms with E-state index in [9.17, 15) is 0 Å².